The summed E-state index contributed by atoms with van der Waals surface area (Å²) >= 11 is 0. The van der Waals surface area contributed by atoms with Gasteiger partial charge in [0, 0.05) is 25.8 Å². The maximum absolute atomic E-state index is 4.79. The lowest BCUT2D eigenvalue weighted by atomic mass is 10.1. The molecule has 0 atom stereocenters. The molecule has 0 spiro atoms. The van der Waals surface area contributed by atoms with E-state index in [1.807, 2.05) is 18.5 Å². The number of pyridine rings is 1. The zero-order valence-corrected chi connectivity index (χ0v) is 15.0. The first-order chi connectivity index (χ1) is 12.8. The highest BCUT2D eigenvalue weighted by Gasteiger charge is 2.25. The molecule has 7 nitrogen and oxygen atoms in total. The van der Waals surface area contributed by atoms with Gasteiger partial charge in [0.2, 0.25) is 0 Å². The largest absolute Gasteiger partial charge is 0.355 e. The van der Waals surface area contributed by atoms with Crippen molar-refractivity contribution in [2.45, 2.75) is 44.6 Å². The van der Waals surface area contributed by atoms with E-state index in [-0.39, 0.29) is 0 Å². The van der Waals surface area contributed by atoms with Crippen molar-refractivity contribution >= 4 is 28.5 Å². The van der Waals surface area contributed by atoms with Crippen LogP contribution < -0.4 is 9.80 Å². The highest BCUT2D eigenvalue weighted by molar-refractivity contribution is 5.87. The Labute approximate surface area is 152 Å². The number of hydrogen-bond acceptors (Lipinski definition) is 6. The number of aryl methyl sites for hydroxylation is 1. The standard InChI is InChI=1S/C19H23N7/c1-25(13-6-2-3-7-13)16-12-21-17-18(22-16)23-24-19(17)26-11-5-8-14-15(26)9-4-10-20-14/h4,9-10,12-13H,2-3,5-8,11H2,1H3,(H,22,23,24). The molecule has 1 N–H and O–H groups in total. The van der Waals surface area contributed by atoms with Gasteiger partial charge in [-0.05, 0) is 37.8 Å². The molecule has 0 amide bonds. The second-order valence-electron chi connectivity index (χ2n) is 7.25. The van der Waals surface area contributed by atoms with Crippen LogP contribution in [0.3, 0.4) is 0 Å². The summed E-state index contributed by atoms with van der Waals surface area (Å²) in [5.41, 5.74) is 3.82. The fourth-order valence-electron chi connectivity index (χ4n) is 4.23. The Hall–Kier alpha value is -2.70. The van der Waals surface area contributed by atoms with E-state index in [2.05, 4.69) is 38.1 Å². The monoisotopic (exact) mass is 349 g/mol. The quantitative estimate of drug-likeness (QED) is 0.783. The molecular formula is C19H23N7. The molecule has 1 aliphatic heterocycles. The van der Waals surface area contributed by atoms with Gasteiger partial charge in [-0.2, -0.15) is 5.10 Å². The third-order valence-electron chi connectivity index (χ3n) is 5.68. The maximum Gasteiger partial charge on any atom is 0.183 e. The van der Waals surface area contributed by atoms with Gasteiger partial charge in [-0.3, -0.25) is 10.1 Å². The normalized spacial score (nSPS) is 17.7. The van der Waals surface area contributed by atoms with Crippen LogP contribution in [0, 0.1) is 0 Å². The smallest absolute Gasteiger partial charge is 0.183 e. The van der Waals surface area contributed by atoms with Crippen LogP contribution in [0.25, 0.3) is 11.2 Å². The van der Waals surface area contributed by atoms with E-state index in [9.17, 15) is 0 Å². The first-order valence-electron chi connectivity index (χ1n) is 9.46. The SMILES string of the molecule is CN(c1cnc2c(N3CCCc4ncccc43)n[nH]c2n1)C1CCCC1. The summed E-state index contributed by atoms with van der Waals surface area (Å²) in [6.45, 7) is 0.921. The molecule has 26 heavy (non-hydrogen) atoms. The van der Waals surface area contributed by atoms with Crippen LogP contribution in [-0.4, -0.2) is 44.8 Å². The van der Waals surface area contributed by atoms with Crippen molar-refractivity contribution in [1.29, 1.82) is 0 Å². The number of H-pyrrole nitrogens is 1. The van der Waals surface area contributed by atoms with Gasteiger partial charge >= 0.3 is 0 Å². The van der Waals surface area contributed by atoms with Crippen molar-refractivity contribution in [3.63, 3.8) is 0 Å². The Morgan fingerprint density at radius 2 is 2.08 bits per heavy atom. The number of nitrogens with one attached hydrogen (secondary N) is 1. The average Bonchev–Trinajstić information content (AvgIpc) is 3.36. The maximum atomic E-state index is 4.79. The van der Waals surface area contributed by atoms with Crippen LogP contribution in [0.4, 0.5) is 17.3 Å². The molecular weight excluding hydrogens is 326 g/mol. The molecule has 3 aromatic heterocycles. The van der Waals surface area contributed by atoms with Gasteiger partial charge in [0.05, 0.1) is 17.6 Å². The molecule has 0 saturated heterocycles. The molecule has 5 rings (SSSR count). The van der Waals surface area contributed by atoms with Crippen molar-refractivity contribution in [2.24, 2.45) is 0 Å². The van der Waals surface area contributed by atoms with Crippen molar-refractivity contribution in [2.75, 3.05) is 23.4 Å². The number of aromatic nitrogens is 5. The molecule has 0 aromatic carbocycles. The van der Waals surface area contributed by atoms with Crippen LogP contribution in [0.1, 0.15) is 37.8 Å². The Balaban J connectivity index is 1.51. The molecule has 0 unspecified atom stereocenters. The molecule has 3 aromatic rings. The topological polar surface area (TPSA) is 73.8 Å². The second kappa shape index (κ2) is 6.23. The molecule has 1 aliphatic carbocycles. The summed E-state index contributed by atoms with van der Waals surface area (Å²) in [5.74, 6) is 1.76. The number of aromatic amines is 1. The summed E-state index contributed by atoms with van der Waals surface area (Å²) < 4.78 is 0. The van der Waals surface area contributed by atoms with Gasteiger partial charge in [-0.1, -0.05) is 12.8 Å². The van der Waals surface area contributed by atoms with E-state index in [0.717, 1.165) is 53.6 Å². The average molecular weight is 349 g/mol. The minimum atomic E-state index is 0.573. The lowest BCUT2D eigenvalue weighted by Crippen LogP contribution is -2.29. The fourth-order valence-corrected chi connectivity index (χ4v) is 4.23. The lowest BCUT2D eigenvalue weighted by Gasteiger charge is -2.28. The molecule has 134 valence electrons. The summed E-state index contributed by atoms with van der Waals surface area (Å²) in [7, 11) is 2.12. The van der Waals surface area contributed by atoms with Crippen molar-refractivity contribution in [1.82, 2.24) is 25.1 Å². The van der Waals surface area contributed by atoms with Crippen molar-refractivity contribution < 1.29 is 0 Å². The Bertz CT molecular complexity index is 929. The first-order valence-corrected chi connectivity index (χ1v) is 9.46. The molecule has 2 aliphatic rings. The number of anilines is 3. The van der Waals surface area contributed by atoms with E-state index in [1.165, 1.54) is 25.7 Å². The zero-order valence-electron chi connectivity index (χ0n) is 15.0. The van der Waals surface area contributed by atoms with Gasteiger partial charge in [-0.15, -0.1) is 0 Å². The van der Waals surface area contributed by atoms with E-state index in [1.54, 1.807) is 0 Å². The van der Waals surface area contributed by atoms with Gasteiger partial charge in [0.25, 0.3) is 0 Å². The van der Waals surface area contributed by atoms with Crippen LogP contribution in [-0.2, 0) is 6.42 Å². The van der Waals surface area contributed by atoms with E-state index >= 15 is 0 Å². The number of fused-ring (bicyclic) bond motifs is 2. The molecule has 7 heteroatoms. The van der Waals surface area contributed by atoms with E-state index in [4.69, 9.17) is 9.97 Å². The number of hydrogen-bond donors (Lipinski definition) is 1. The number of rotatable bonds is 3. The van der Waals surface area contributed by atoms with Crippen molar-refractivity contribution in [3.8, 4) is 0 Å². The minimum Gasteiger partial charge on any atom is -0.355 e. The highest BCUT2D eigenvalue weighted by Crippen LogP contribution is 2.34. The Morgan fingerprint density at radius 1 is 1.19 bits per heavy atom. The summed E-state index contributed by atoms with van der Waals surface area (Å²) in [6, 6.07) is 4.66. The number of nitrogens with zero attached hydrogens (tertiary/aromatic N) is 6. The van der Waals surface area contributed by atoms with Gasteiger partial charge in [0.15, 0.2) is 17.0 Å². The van der Waals surface area contributed by atoms with Crippen LogP contribution in [0.5, 0.6) is 0 Å². The van der Waals surface area contributed by atoms with Gasteiger partial charge < -0.3 is 9.80 Å². The molecule has 4 heterocycles. The second-order valence-corrected chi connectivity index (χ2v) is 7.25. The van der Waals surface area contributed by atoms with Crippen LogP contribution in [0.2, 0.25) is 0 Å². The lowest BCUT2D eigenvalue weighted by molar-refractivity contribution is 0.646. The third kappa shape index (κ3) is 2.50. The fraction of sp³-hybridized carbons (Fsp3) is 0.474. The van der Waals surface area contributed by atoms with Crippen LogP contribution in [0.15, 0.2) is 24.5 Å². The van der Waals surface area contributed by atoms with Crippen LogP contribution >= 0.6 is 0 Å². The zero-order chi connectivity index (χ0) is 17.5. The minimum absolute atomic E-state index is 0.573. The molecule has 0 radical (unpaired) electrons. The van der Waals surface area contributed by atoms with Gasteiger partial charge in [0.1, 0.15) is 5.82 Å². The van der Waals surface area contributed by atoms with Gasteiger partial charge in [-0.25, -0.2) is 9.97 Å². The highest BCUT2D eigenvalue weighted by atomic mass is 15.3. The molecule has 0 bridgehead atoms. The summed E-state index contributed by atoms with van der Waals surface area (Å²) in [4.78, 5) is 18.5. The Kier molecular flexibility index (Phi) is 3.72. The summed E-state index contributed by atoms with van der Waals surface area (Å²) in [5, 5.41) is 7.64. The van der Waals surface area contributed by atoms with E-state index < -0.39 is 0 Å². The predicted octanol–water partition coefficient (Wildman–Crippen LogP) is 3.21. The Morgan fingerprint density at radius 3 is 2.96 bits per heavy atom. The first kappa shape index (κ1) is 15.5. The predicted molar refractivity (Wildman–Crippen MR) is 102 cm³/mol. The molecule has 1 saturated carbocycles. The molecule has 1 fully saturated rings. The van der Waals surface area contributed by atoms with Crippen molar-refractivity contribution in [3.05, 3.63) is 30.2 Å². The third-order valence-corrected chi connectivity index (χ3v) is 5.68. The van der Waals surface area contributed by atoms with E-state index in [0.29, 0.717) is 6.04 Å². The summed E-state index contributed by atoms with van der Waals surface area (Å²) in [6.07, 6.45) is 10.9.